The van der Waals surface area contributed by atoms with Crippen LogP contribution in [0.5, 0.6) is 5.75 Å². The lowest BCUT2D eigenvalue weighted by molar-refractivity contribution is -0.144. The van der Waals surface area contributed by atoms with Gasteiger partial charge in [-0.15, -0.1) is 0 Å². The largest absolute Gasteiger partial charge is 0.494 e. The van der Waals surface area contributed by atoms with Crippen molar-refractivity contribution >= 4 is 17.1 Å². The fraction of sp³-hybridized carbons (Fsp3) is 0.500. The van der Waals surface area contributed by atoms with Crippen LogP contribution >= 0.6 is 0 Å². The van der Waals surface area contributed by atoms with E-state index in [1.807, 2.05) is 18.2 Å². The summed E-state index contributed by atoms with van der Waals surface area (Å²) in [6.07, 6.45) is 3.57. The number of fused-ring (bicyclic) bond motifs is 1. The van der Waals surface area contributed by atoms with Gasteiger partial charge < -0.3 is 13.9 Å². The third-order valence-electron chi connectivity index (χ3n) is 3.86. The molecule has 3 rings (SSSR count). The van der Waals surface area contributed by atoms with Crippen molar-refractivity contribution in [2.75, 3.05) is 13.7 Å². The van der Waals surface area contributed by atoms with E-state index in [1.54, 1.807) is 0 Å². The Hall–Kier alpha value is -2.04. The fourth-order valence-corrected chi connectivity index (χ4v) is 2.36. The molecule has 0 aliphatic heterocycles. The number of unbranched alkanes of at least 4 members (excludes halogenated alkanes) is 1. The summed E-state index contributed by atoms with van der Waals surface area (Å²) < 4.78 is 16.2. The van der Waals surface area contributed by atoms with Crippen LogP contribution in [0.15, 0.2) is 22.6 Å². The summed E-state index contributed by atoms with van der Waals surface area (Å²) in [4.78, 5) is 16.3. The molecule has 1 aromatic heterocycles. The van der Waals surface area contributed by atoms with Crippen LogP contribution in [-0.4, -0.2) is 24.7 Å². The normalized spacial score (nSPS) is 15.9. The number of methoxy groups -OCH3 is 1. The summed E-state index contributed by atoms with van der Waals surface area (Å²) in [7, 11) is 1.39. The molecule has 0 saturated heterocycles. The first-order chi connectivity index (χ1) is 10.2. The van der Waals surface area contributed by atoms with Crippen LogP contribution in [0.2, 0.25) is 0 Å². The predicted molar refractivity (Wildman–Crippen MR) is 77.3 cm³/mol. The highest BCUT2D eigenvalue weighted by Crippen LogP contribution is 2.49. The van der Waals surface area contributed by atoms with Crippen molar-refractivity contribution in [3.05, 3.63) is 24.1 Å². The van der Waals surface area contributed by atoms with Crippen LogP contribution in [-0.2, 0) is 14.9 Å². The lowest BCUT2D eigenvalue weighted by atomic mass is 10.1. The van der Waals surface area contributed by atoms with Gasteiger partial charge in [-0.3, -0.25) is 4.79 Å². The van der Waals surface area contributed by atoms with Gasteiger partial charge in [-0.2, -0.15) is 0 Å². The lowest BCUT2D eigenvalue weighted by Crippen LogP contribution is -2.22. The number of carbonyl (C=O) groups is 1. The molecule has 5 nitrogen and oxygen atoms in total. The van der Waals surface area contributed by atoms with Gasteiger partial charge in [0, 0.05) is 6.07 Å². The first-order valence-electron chi connectivity index (χ1n) is 7.32. The van der Waals surface area contributed by atoms with E-state index < -0.39 is 5.41 Å². The molecule has 0 amide bonds. The van der Waals surface area contributed by atoms with Crippen LogP contribution in [0, 0.1) is 0 Å². The number of oxazole rings is 1. The van der Waals surface area contributed by atoms with E-state index in [9.17, 15) is 4.79 Å². The van der Waals surface area contributed by atoms with Crippen LogP contribution in [0.4, 0.5) is 0 Å². The first-order valence-corrected chi connectivity index (χ1v) is 7.32. The molecule has 2 aromatic rings. The molecule has 21 heavy (non-hydrogen) atoms. The van der Waals surface area contributed by atoms with E-state index in [2.05, 4.69) is 11.9 Å². The second kappa shape index (κ2) is 5.39. The minimum atomic E-state index is -0.670. The number of hydrogen-bond acceptors (Lipinski definition) is 5. The molecule has 0 radical (unpaired) electrons. The van der Waals surface area contributed by atoms with Crippen LogP contribution < -0.4 is 4.74 Å². The Morgan fingerprint density at radius 3 is 2.90 bits per heavy atom. The van der Waals surface area contributed by atoms with Crippen LogP contribution in [0.25, 0.3) is 11.1 Å². The Bertz CT molecular complexity index is 657. The molecule has 1 fully saturated rings. The smallest absolute Gasteiger partial charge is 0.321 e. The number of ether oxygens (including phenoxy) is 2. The van der Waals surface area contributed by atoms with Gasteiger partial charge in [0.05, 0.1) is 13.7 Å². The fourth-order valence-electron chi connectivity index (χ4n) is 2.36. The van der Waals surface area contributed by atoms with Crippen LogP contribution in [0.1, 0.15) is 38.5 Å². The number of hydrogen-bond donors (Lipinski definition) is 0. The highest BCUT2D eigenvalue weighted by atomic mass is 16.5. The second-order valence-corrected chi connectivity index (χ2v) is 5.42. The van der Waals surface area contributed by atoms with Crippen molar-refractivity contribution in [1.29, 1.82) is 0 Å². The van der Waals surface area contributed by atoms with Crippen molar-refractivity contribution in [2.24, 2.45) is 0 Å². The Labute approximate surface area is 123 Å². The summed E-state index contributed by atoms with van der Waals surface area (Å²) >= 11 is 0. The SMILES string of the molecule is CCCCOc1ccc2oc(C3(C(=O)OC)CC3)nc2c1. The van der Waals surface area contributed by atoms with E-state index in [0.717, 1.165) is 31.4 Å². The highest BCUT2D eigenvalue weighted by molar-refractivity contribution is 5.86. The summed E-state index contributed by atoms with van der Waals surface area (Å²) in [5.41, 5.74) is 0.717. The first kappa shape index (κ1) is 13.9. The summed E-state index contributed by atoms with van der Waals surface area (Å²) in [6, 6.07) is 5.55. The van der Waals surface area contributed by atoms with Gasteiger partial charge >= 0.3 is 5.97 Å². The van der Waals surface area contributed by atoms with Gasteiger partial charge in [0.25, 0.3) is 0 Å². The van der Waals surface area contributed by atoms with Gasteiger partial charge in [-0.1, -0.05) is 13.3 Å². The Morgan fingerprint density at radius 1 is 1.43 bits per heavy atom. The van der Waals surface area contributed by atoms with Gasteiger partial charge in [-0.25, -0.2) is 4.98 Å². The molecule has 1 aliphatic rings. The molecule has 0 N–H and O–H groups in total. The van der Waals surface area contributed by atoms with E-state index >= 15 is 0 Å². The standard InChI is InChI=1S/C16H19NO4/c1-3-4-9-20-11-5-6-13-12(10-11)17-14(21-13)16(7-8-16)15(18)19-2/h5-6,10H,3-4,7-9H2,1-2H3. The van der Waals surface area contributed by atoms with Crippen molar-refractivity contribution in [1.82, 2.24) is 4.98 Å². The molecule has 5 heteroatoms. The number of esters is 1. The van der Waals surface area contributed by atoms with Crippen LogP contribution in [0.3, 0.4) is 0 Å². The number of rotatable bonds is 6. The number of aromatic nitrogens is 1. The van der Waals surface area contributed by atoms with Gasteiger partial charge in [-0.05, 0) is 31.4 Å². The average Bonchev–Trinajstić information content (AvgIpc) is 3.20. The molecule has 1 saturated carbocycles. The molecule has 1 aliphatic carbocycles. The third kappa shape index (κ3) is 2.48. The minimum Gasteiger partial charge on any atom is -0.494 e. The van der Waals surface area contributed by atoms with Crippen molar-refractivity contribution in [2.45, 2.75) is 38.0 Å². The van der Waals surface area contributed by atoms with E-state index in [0.29, 0.717) is 23.6 Å². The highest BCUT2D eigenvalue weighted by Gasteiger charge is 2.56. The van der Waals surface area contributed by atoms with Crippen molar-refractivity contribution in [3.63, 3.8) is 0 Å². The maximum Gasteiger partial charge on any atom is 0.321 e. The molecule has 1 aromatic carbocycles. The zero-order valence-corrected chi connectivity index (χ0v) is 12.3. The predicted octanol–water partition coefficient (Wildman–Crippen LogP) is 3.21. The summed E-state index contributed by atoms with van der Waals surface area (Å²) in [5, 5.41) is 0. The molecule has 0 atom stereocenters. The average molecular weight is 289 g/mol. The number of carbonyl (C=O) groups excluding carboxylic acids is 1. The van der Waals surface area contributed by atoms with E-state index in [1.165, 1.54) is 7.11 Å². The molecule has 0 spiro atoms. The second-order valence-electron chi connectivity index (χ2n) is 5.42. The zero-order valence-electron chi connectivity index (χ0n) is 12.3. The molecule has 0 unspecified atom stereocenters. The number of benzene rings is 1. The molecule has 0 bridgehead atoms. The number of nitrogens with zero attached hydrogens (tertiary/aromatic N) is 1. The van der Waals surface area contributed by atoms with Crippen molar-refractivity contribution in [3.8, 4) is 5.75 Å². The summed E-state index contributed by atoms with van der Waals surface area (Å²) in [5.74, 6) is 0.960. The van der Waals surface area contributed by atoms with E-state index in [-0.39, 0.29) is 5.97 Å². The maximum absolute atomic E-state index is 11.9. The van der Waals surface area contributed by atoms with Gasteiger partial charge in [0.2, 0.25) is 5.89 Å². The molecule has 112 valence electrons. The Morgan fingerprint density at radius 2 is 2.24 bits per heavy atom. The summed E-state index contributed by atoms with van der Waals surface area (Å²) in [6.45, 7) is 2.82. The molecular formula is C16H19NO4. The zero-order chi connectivity index (χ0) is 14.9. The van der Waals surface area contributed by atoms with Crippen molar-refractivity contribution < 1.29 is 18.7 Å². The van der Waals surface area contributed by atoms with Gasteiger partial charge in [0.1, 0.15) is 16.7 Å². The monoisotopic (exact) mass is 289 g/mol. The topological polar surface area (TPSA) is 61.6 Å². The minimum absolute atomic E-state index is 0.270. The Kier molecular flexibility index (Phi) is 3.57. The van der Waals surface area contributed by atoms with Gasteiger partial charge in [0.15, 0.2) is 5.58 Å². The molecular weight excluding hydrogens is 270 g/mol. The Balaban J connectivity index is 1.85. The lowest BCUT2D eigenvalue weighted by Gasteiger charge is -2.06. The molecule has 1 heterocycles. The quantitative estimate of drug-likeness (QED) is 0.603. The van der Waals surface area contributed by atoms with E-state index in [4.69, 9.17) is 13.9 Å². The maximum atomic E-state index is 11.9. The third-order valence-corrected chi connectivity index (χ3v) is 3.86.